The van der Waals surface area contributed by atoms with E-state index in [4.69, 9.17) is 5.11 Å². The average Bonchev–Trinajstić information content (AvgIpc) is 2.72. The highest BCUT2D eigenvalue weighted by molar-refractivity contribution is 5.90. The van der Waals surface area contributed by atoms with E-state index in [0.717, 1.165) is 0 Å². The van der Waals surface area contributed by atoms with Gasteiger partial charge in [-0.1, -0.05) is 0 Å². The van der Waals surface area contributed by atoms with Gasteiger partial charge in [-0.15, -0.1) is 0 Å². The molecule has 18 heavy (non-hydrogen) atoms. The first-order valence-corrected chi connectivity index (χ1v) is 5.80. The molecule has 2 amide bonds. The number of urea groups is 1. The third kappa shape index (κ3) is 2.42. The zero-order valence-corrected chi connectivity index (χ0v) is 10.0. The van der Waals surface area contributed by atoms with Crippen LogP contribution in [0.15, 0.2) is 24.5 Å². The molecule has 6 nitrogen and oxygen atoms in total. The number of nitrogens with zero attached hydrogens (tertiary/aromatic N) is 2. The predicted octanol–water partition coefficient (Wildman–Crippen LogP) is 1.41. The number of hydrogen-bond donors (Lipinski definition) is 2. The Balaban J connectivity index is 2.01. The van der Waals surface area contributed by atoms with E-state index in [1.807, 2.05) is 0 Å². The number of carboxylic acids is 1. The van der Waals surface area contributed by atoms with Gasteiger partial charge in [0.1, 0.15) is 0 Å². The lowest BCUT2D eigenvalue weighted by Gasteiger charge is -2.23. The van der Waals surface area contributed by atoms with Crippen LogP contribution in [-0.4, -0.2) is 39.6 Å². The summed E-state index contributed by atoms with van der Waals surface area (Å²) in [5.74, 6) is -1.33. The third-order valence-electron chi connectivity index (χ3n) is 3.25. The van der Waals surface area contributed by atoms with Crippen molar-refractivity contribution < 1.29 is 14.7 Å². The summed E-state index contributed by atoms with van der Waals surface area (Å²) in [4.78, 5) is 28.4. The number of carbonyl (C=O) groups excluding carboxylic acids is 1. The van der Waals surface area contributed by atoms with Gasteiger partial charge in [-0.3, -0.25) is 9.78 Å². The highest BCUT2D eigenvalue weighted by Gasteiger charge is 2.38. The Bertz CT molecular complexity index is 449. The number of nitrogens with one attached hydrogen (secondary N) is 1. The quantitative estimate of drug-likeness (QED) is 0.830. The third-order valence-corrected chi connectivity index (χ3v) is 3.25. The molecule has 2 N–H and O–H groups in total. The van der Waals surface area contributed by atoms with Crippen molar-refractivity contribution in [3.05, 3.63) is 24.5 Å². The van der Waals surface area contributed by atoms with Gasteiger partial charge in [0.2, 0.25) is 0 Å². The predicted molar refractivity (Wildman–Crippen MR) is 65.2 cm³/mol. The SMILES string of the molecule is CC1C(C(=O)O)CCN1C(=O)Nc1cccnc1. The Morgan fingerprint density at radius 1 is 1.56 bits per heavy atom. The van der Waals surface area contributed by atoms with Crippen molar-refractivity contribution in [1.82, 2.24) is 9.88 Å². The van der Waals surface area contributed by atoms with E-state index < -0.39 is 11.9 Å². The van der Waals surface area contributed by atoms with Crippen molar-refractivity contribution in [2.45, 2.75) is 19.4 Å². The van der Waals surface area contributed by atoms with Gasteiger partial charge in [-0.25, -0.2) is 4.79 Å². The summed E-state index contributed by atoms with van der Waals surface area (Å²) >= 11 is 0. The standard InChI is InChI=1S/C12H15N3O3/c1-8-10(11(16)17)4-6-15(8)12(18)14-9-3-2-5-13-7-9/h2-3,5,7-8,10H,4,6H2,1H3,(H,14,18)(H,16,17). The van der Waals surface area contributed by atoms with Crippen molar-refractivity contribution in [1.29, 1.82) is 0 Å². The number of pyridine rings is 1. The maximum atomic E-state index is 12.0. The van der Waals surface area contributed by atoms with Gasteiger partial charge in [0.15, 0.2) is 0 Å². The van der Waals surface area contributed by atoms with Crippen molar-refractivity contribution in [2.75, 3.05) is 11.9 Å². The van der Waals surface area contributed by atoms with E-state index in [2.05, 4.69) is 10.3 Å². The molecule has 0 aromatic carbocycles. The van der Waals surface area contributed by atoms with E-state index in [0.29, 0.717) is 18.7 Å². The normalized spacial score (nSPS) is 22.8. The smallest absolute Gasteiger partial charge is 0.322 e. The van der Waals surface area contributed by atoms with Crippen LogP contribution < -0.4 is 5.32 Å². The second-order valence-electron chi connectivity index (χ2n) is 4.34. The van der Waals surface area contributed by atoms with Crippen LogP contribution in [0, 0.1) is 5.92 Å². The van der Waals surface area contributed by atoms with Crippen LogP contribution in [0.5, 0.6) is 0 Å². The summed E-state index contributed by atoms with van der Waals surface area (Å²) in [5.41, 5.74) is 0.605. The zero-order chi connectivity index (χ0) is 13.1. The fraction of sp³-hybridized carbons (Fsp3) is 0.417. The molecule has 2 atom stereocenters. The Kier molecular flexibility index (Phi) is 3.45. The number of carbonyl (C=O) groups is 2. The fourth-order valence-corrected chi connectivity index (χ4v) is 2.19. The number of hydrogen-bond acceptors (Lipinski definition) is 3. The minimum atomic E-state index is -0.848. The second kappa shape index (κ2) is 5.03. The van der Waals surface area contributed by atoms with Gasteiger partial charge < -0.3 is 15.3 Å². The summed E-state index contributed by atoms with van der Waals surface area (Å²) < 4.78 is 0. The molecule has 2 heterocycles. The lowest BCUT2D eigenvalue weighted by atomic mass is 10.0. The van der Waals surface area contributed by atoms with Crippen molar-refractivity contribution in [2.24, 2.45) is 5.92 Å². The first-order chi connectivity index (χ1) is 8.59. The first kappa shape index (κ1) is 12.3. The van der Waals surface area contributed by atoms with Crippen LogP contribution in [0.4, 0.5) is 10.5 Å². The number of aromatic nitrogens is 1. The monoisotopic (exact) mass is 249 g/mol. The highest BCUT2D eigenvalue weighted by atomic mass is 16.4. The molecule has 1 saturated heterocycles. The Morgan fingerprint density at radius 3 is 2.89 bits per heavy atom. The molecule has 1 aliphatic rings. The number of aliphatic carboxylic acids is 1. The van der Waals surface area contributed by atoms with Crippen molar-refractivity contribution in [3.63, 3.8) is 0 Å². The number of likely N-dealkylation sites (tertiary alicyclic amines) is 1. The Morgan fingerprint density at radius 2 is 2.33 bits per heavy atom. The van der Waals surface area contributed by atoms with Gasteiger partial charge in [-0.05, 0) is 25.5 Å². The van der Waals surface area contributed by atoms with Crippen LogP contribution in [0.25, 0.3) is 0 Å². The molecular formula is C12H15N3O3. The van der Waals surface area contributed by atoms with E-state index in [1.165, 1.54) is 0 Å². The molecule has 0 aliphatic carbocycles. The van der Waals surface area contributed by atoms with E-state index in [1.54, 1.807) is 36.4 Å². The van der Waals surface area contributed by atoms with Crippen LogP contribution in [0.3, 0.4) is 0 Å². The molecular weight excluding hydrogens is 234 g/mol. The molecule has 0 radical (unpaired) electrons. The number of amides is 2. The molecule has 1 fully saturated rings. The molecule has 1 aromatic rings. The molecule has 2 unspecified atom stereocenters. The summed E-state index contributed by atoms with van der Waals surface area (Å²) in [6.07, 6.45) is 3.67. The summed E-state index contributed by atoms with van der Waals surface area (Å²) in [7, 11) is 0. The van der Waals surface area contributed by atoms with Gasteiger partial charge >= 0.3 is 12.0 Å². The van der Waals surface area contributed by atoms with Crippen molar-refractivity contribution >= 4 is 17.7 Å². The molecule has 1 aromatic heterocycles. The van der Waals surface area contributed by atoms with Crippen LogP contribution in [0.2, 0.25) is 0 Å². The Labute approximate surface area is 105 Å². The van der Waals surface area contributed by atoms with Gasteiger partial charge in [0.05, 0.1) is 17.8 Å². The maximum Gasteiger partial charge on any atom is 0.322 e. The van der Waals surface area contributed by atoms with Crippen LogP contribution in [-0.2, 0) is 4.79 Å². The first-order valence-electron chi connectivity index (χ1n) is 5.80. The Hall–Kier alpha value is -2.11. The summed E-state index contributed by atoms with van der Waals surface area (Å²) in [6.45, 7) is 2.22. The number of rotatable bonds is 2. The van der Waals surface area contributed by atoms with Crippen molar-refractivity contribution in [3.8, 4) is 0 Å². The zero-order valence-electron chi connectivity index (χ0n) is 10.0. The lowest BCUT2D eigenvalue weighted by molar-refractivity contribution is -0.142. The minimum Gasteiger partial charge on any atom is -0.481 e. The lowest BCUT2D eigenvalue weighted by Crippen LogP contribution is -2.40. The molecule has 0 spiro atoms. The molecule has 0 bridgehead atoms. The number of anilines is 1. The molecule has 2 rings (SSSR count). The van der Waals surface area contributed by atoms with Gasteiger partial charge in [0, 0.05) is 18.8 Å². The van der Waals surface area contributed by atoms with Gasteiger partial charge in [-0.2, -0.15) is 0 Å². The van der Waals surface area contributed by atoms with E-state index >= 15 is 0 Å². The summed E-state index contributed by atoms with van der Waals surface area (Å²) in [6, 6.07) is 2.89. The van der Waals surface area contributed by atoms with Crippen LogP contribution >= 0.6 is 0 Å². The molecule has 0 saturated carbocycles. The average molecular weight is 249 g/mol. The molecule has 1 aliphatic heterocycles. The second-order valence-corrected chi connectivity index (χ2v) is 4.34. The van der Waals surface area contributed by atoms with E-state index in [-0.39, 0.29) is 12.1 Å². The summed E-state index contributed by atoms with van der Waals surface area (Å²) in [5, 5.41) is 11.7. The topological polar surface area (TPSA) is 82.5 Å². The maximum absolute atomic E-state index is 12.0. The molecule has 96 valence electrons. The van der Waals surface area contributed by atoms with Gasteiger partial charge in [0.25, 0.3) is 0 Å². The highest BCUT2D eigenvalue weighted by Crippen LogP contribution is 2.24. The molecule has 6 heteroatoms. The fourth-order valence-electron chi connectivity index (χ4n) is 2.19. The van der Waals surface area contributed by atoms with Crippen LogP contribution in [0.1, 0.15) is 13.3 Å². The largest absolute Gasteiger partial charge is 0.481 e. The van der Waals surface area contributed by atoms with E-state index in [9.17, 15) is 9.59 Å². The number of carboxylic acid groups (broad SMARTS) is 1. The minimum absolute atomic E-state index is 0.278.